The van der Waals surface area contributed by atoms with E-state index >= 15 is 0 Å². The molecule has 248 valence electrons. The predicted octanol–water partition coefficient (Wildman–Crippen LogP) is 6.69. The van der Waals surface area contributed by atoms with Gasteiger partial charge in [-0.25, -0.2) is 8.42 Å². The van der Waals surface area contributed by atoms with Gasteiger partial charge in [0, 0.05) is 18.7 Å². The van der Waals surface area contributed by atoms with Crippen molar-refractivity contribution >= 4 is 50.7 Å². The molecule has 1 saturated carbocycles. The molecule has 0 aliphatic heterocycles. The molecule has 1 fully saturated rings. The Morgan fingerprint density at radius 1 is 0.913 bits per heavy atom. The smallest absolute Gasteiger partial charge is 0.264 e. The minimum Gasteiger partial charge on any atom is -0.493 e. The molecule has 4 rings (SSSR count). The first-order valence-corrected chi connectivity index (χ1v) is 17.4. The van der Waals surface area contributed by atoms with Crippen molar-refractivity contribution in [2.45, 2.75) is 76.4 Å². The molecule has 3 aromatic rings. The Labute approximate surface area is 281 Å². The fourth-order valence-corrected chi connectivity index (χ4v) is 7.58. The highest BCUT2D eigenvalue weighted by molar-refractivity contribution is 7.92. The molecule has 1 aliphatic carbocycles. The predicted molar refractivity (Wildman–Crippen MR) is 181 cm³/mol. The van der Waals surface area contributed by atoms with Crippen LogP contribution in [0, 0.1) is 13.8 Å². The van der Waals surface area contributed by atoms with E-state index < -0.39 is 28.5 Å². The number of methoxy groups -OCH3 is 2. The van der Waals surface area contributed by atoms with Crippen LogP contribution in [-0.4, -0.2) is 58.0 Å². The topological polar surface area (TPSA) is 105 Å². The van der Waals surface area contributed by atoms with Crippen LogP contribution >= 0.6 is 23.2 Å². The van der Waals surface area contributed by atoms with Crippen LogP contribution in [0.3, 0.4) is 0 Å². The number of halogens is 2. The molecule has 1 aliphatic rings. The highest BCUT2D eigenvalue weighted by Crippen LogP contribution is 2.33. The SMILES string of the molecule is CCC(C(=O)NC1CCCC1)N(Cc1ccc(Cl)c(Cl)c1)C(=O)CN(c1cc(C)cc(C)c1)S(=O)(=O)c1ccc(OC)c(OC)c1. The van der Waals surface area contributed by atoms with Gasteiger partial charge in [0.25, 0.3) is 10.0 Å². The molecule has 2 amide bonds. The molecule has 3 aromatic carbocycles. The van der Waals surface area contributed by atoms with Crippen molar-refractivity contribution in [1.82, 2.24) is 10.2 Å². The Morgan fingerprint density at radius 2 is 1.57 bits per heavy atom. The molecule has 1 N–H and O–H groups in total. The van der Waals surface area contributed by atoms with Crippen LogP contribution < -0.4 is 19.1 Å². The average Bonchev–Trinajstić information content (AvgIpc) is 3.53. The second kappa shape index (κ2) is 15.4. The van der Waals surface area contributed by atoms with Crippen LogP contribution in [0.25, 0.3) is 0 Å². The summed E-state index contributed by atoms with van der Waals surface area (Å²) in [5, 5.41) is 3.78. The summed E-state index contributed by atoms with van der Waals surface area (Å²) in [5.41, 5.74) is 2.61. The summed E-state index contributed by atoms with van der Waals surface area (Å²) in [7, 11) is -1.44. The first kappa shape index (κ1) is 35.4. The molecule has 1 atom stereocenters. The van der Waals surface area contributed by atoms with E-state index in [1.54, 1.807) is 30.3 Å². The molecule has 46 heavy (non-hydrogen) atoms. The number of hydrogen-bond donors (Lipinski definition) is 1. The van der Waals surface area contributed by atoms with E-state index in [-0.39, 0.29) is 29.1 Å². The number of carbonyl (C=O) groups is 2. The number of hydrogen-bond acceptors (Lipinski definition) is 6. The number of nitrogens with zero attached hydrogens (tertiary/aromatic N) is 2. The zero-order valence-corrected chi connectivity index (χ0v) is 29.1. The maximum absolute atomic E-state index is 14.4. The van der Waals surface area contributed by atoms with Crippen LogP contribution in [0.5, 0.6) is 11.5 Å². The number of sulfonamides is 1. The lowest BCUT2D eigenvalue weighted by atomic mass is 10.1. The monoisotopic (exact) mass is 689 g/mol. The van der Waals surface area contributed by atoms with E-state index in [0.717, 1.165) is 41.1 Å². The highest BCUT2D eigenvalue weighted by Gasteiger charge is 2.35. The molecule has 0 heterocycles. The van der Waals surface area contributed by atoms with Crippen molar-refractivity contribution in [3.8, 4) is 11.5 Å². The van der Waals surface area contributed by atoms with Gasteiger partial charge in [0.2, 0.25) is 11.8 Å². The Balaban J connectivity index is 1.78. The standard InChI is InChI=1S/C34H41Cl2N3O6S/c1-6-30(34(41)37-25-9-7-8-10-25)38(20-24-11-13-28(35)29(36)18-24)33(40)21-39(26-16-22(2)15-23(3)17-26)46(42,43)27-12-14-31(44-4)32(19-27)45-5/h11-19,25,30H,6-10,20-21H2,1-5H3,(H,37,41). The molecule has 0 radical (unpaired) electrons. The lowest BCUT2D eigenvalue weighted by Crippen LogP contribution is -2.53. The molecule has 1 unspecified atom stereocenters. The maximum atomic E-state index is 14.4. The number of amides is 2. The third-order valence-electron chi connectivity index (χ3n) is 8.14. The van der Waals surface area contributed by atoms with Gasteiger partial charge in [-0.15, -0.1) is 0 Å². The summed E-state index contributed by atoms with van der Waals surface area (Å²) < 4.78 is 40.5. The van der Waals surface area contributed by atoms with Crippen molar-refractivity contribution < 1.29 is 27.5 Å². The largest absolute Gasteiger partial charge is 0.493 e. The zero-order valence-electron chi connectivity index (χ0n) is 26.8. The van der Waals surface area contributed by atoms with Gasteiger partial charge in [0.05, 0.1) is 34.8 Å². The van der Waals surface area contributed by atoms with Gasteiger partial charge in [0.15, 0.2) is 11.5 Å². The minimum absolute atomic E-state index is 0.0173. The quantitative estimate of drug-likeness (QED) is 0.214. The molecule has 0 saturated heterocycles. The summed E-state index contributed by atoms with van der Waals surface area (Å²) in [5.74, 6) is -0.236. The fourth-order valence-electron chi connectivity index (χ4n) is 5.85. The molecule has 0 bridgehead atoms. The van der Waals surface area contributed by atoms with E-state index in [9.17, 15) is 18.0 Å². The van der Waals surface area contributed by atoms with Gasteiger partial charge in [-0.1, -0.05) is 55.1 Å². The van der Waals surface area contributed by atoms with Gasteiger partial charge in [0.1, 0.15) is 12.6 Å². The fraction of sp³-hybridized carbons (Fsp3) is 0.412. The zero-order chi connectivity index (χ0) is 33.6. The second-order valence-electron chi connectivity index (χ2n) is 11.6. The second-order valence-corrected chi connectivity index (χ2v) is 14.2. The van der Waals surface area contributed by atoms with Crippen LogP contribution in [0.15, 0.2) is 59.5 Å². The Kier molecular flexibility index (Phi) is 11.9. The van der Waals surface area contributed by atoms with E-state index in [2.05, 4.69) is 5.32 Å². The summed E-state index contributed by atoms with van der Waals surface area (Å²) in [6.45, 7) is 5.00. The average molecular weight is 691 g/mol. The van der Waals surface area contributed by atoms with E-state index in [0.29, 0.717) is 33.5 Å². The third kappa shape index (κ3) is 8.27. The molecule has 0 spiro atoms. The van der Waals surface area contributed by atoms with Crippen molar-refractivity contribution in [2.75, 3.05) is 25.1 Å². The van der Waals surface area contributed by atoms with Crippen LogP contribution in [-0.2, 0) is 26.2 Å². The Bertz CT molecular complexity index is 1660. The van der Waals surface area contributed by atoms with E-state index in [4.69, 9.17) is 32.7 Å². The number of ether oxygens (including phenoxy) is 2. The number of benzene rings is 3. The van der Waals surface area contributed by atoms with Crippen LogP contribution in [0.1, 0.15) is 55.7 Å². The number of rotatable bonds is 13. The van der Waals surface area contributed by atoms with Crippen molar-refractivity contribution in [1.29, 1.82) is 0 Å². The molecular formula is C34H41Cl2N3O6S. The van der Waals surface area contributed by atoms with Crippen molar-refractivity contribution in [3.05, 3.63) is 81.3 Å². The minimum atomic E-state index is -4.32. The number of anilines is 1. The van der Waals surface area contributed by atoms with Gasteiger partial charge in [-0.3, -0.25) is 13.9 Å². The molecule has 12 heteroatoms. The first-order chi connectivity index (χ1) is 21.9. The van der Waals surface area contributed by atoms with Gasteiger partial charge in [-0.05, 0) is 86.2 Å². The number of aryl methyl sites for hydroxylation is 2. The highest BCUT2D eigenvalue weighted by atomic mass is 35.5. The number of nitrogens with one attached hydrogen (secondary N) is 1. The summed E-state index contributed by atoms with van der Waals surface area (Å²) >= 11 is 12.5. The summed E-state index contributed by atoms with van der Waals surface area (Å²) in [6, 6.07) is 13.8. The van der Waals surface area contributed by atoms with Crippen LogP contribution in [0.4, 0.5) is 5.69 Å². The van der Waals surface area contributed by atoms with Crippen molar-refractivity contribution in [2.24, 2.45) is 0 Å². The van der Waals surface area contributed by atoms with E-state index in [1.807, 2.05) is 26.8 Å². The van der Waals surface area contributed by atoms with E-state index in [1.165, 1.54) is 37.3 Å². The van der Waals surface area contributed by atoms with Gasteiger partial charge >= 0.3 is 0 Å². The third-order valence-corrected chi connectivity index (χ3v) is 10.6. The summed E-state index contributed by atoms with van der Waals surface area (Å²) in [6.07, 6.45) is 4.15. The number of carbonyl (C=O) groups excluding carboxylic acids is 2. The van der Waals surface area contributed by atoms with Gasteiger partial charge in [-0.2, -0.15) is 0 Å². The van der Waals surface area contributed by atoms with Crippen LogP contribution in [0.2, 0.25) is 10.0 Å². The molecule has 9 nitrogen and oxygen atoms in total. The molecular weight excluding hydrogens is 649 g/mol. The Morgan fingerprint density at radius 3 is 2.15 bits per heavy atom. The first-order valence-electron chi connectivity index (χ1n) is 15.2. The Hall–Kier alpha value is -3.47. The maximum Gasteiger partial charge on any atom is 0.264 e. The normalized spacial score (nSPS) is 14.1. The van der Waals surface area contributed by atoms with Gasteiger partial charge < -0.3 is 19.7 Å². The van der Waals surface area contributed by atoms with Crippen molar-refractivity contribution in [3.63, 3.8) is 0 Å². The summed E-state index contributed by atoms with van der Waals surface area (Å²) in [4.78, 5) is 29.5. The lowest BCUT2D eigenvalue weighted by Gasteiger charge is -2.34. The lowest BCUT2D eigenvalue weighted by molar-refractivity contribution is -0.140. The molecule has 0 aromatic heterocycles.